The first kappa shape index (κ1) is 25.2. The number of piperidine rings is 1. The standard InChI is InChI=1S/C28H31FN6O5/c1-14-20(6-33-27-25(14)31-2-3-40-27)19-4-15-5-22(32-7-21(15)24(30)23(19)29)35(28(36)37)26-16-8-34(18-12-39-13-18)9-17(26)11-38-10-16/h4-7,16-18,26,31H,2-3,8-13,30H2,1H3,(H,36,37)/t16-,17+,26+. The molecular formula is C28H31FN6O5. The summed E-state index contributed by atoms with van der Waals surface area (Å²) in [6.45, 7) is 6.86. The van der Waals surface area contributed by atoms with Crippen molar-refractivity contribution in [2.24, 2.45) is 11.8 Å². The molecule has 1 aromatic carbocycles. The summed E-state index contributed by atoms with van der Waals surface area (Å²) in [5.74, 6) is 0.187. The van der Waals surface area contributed by atoms with Crippen molar-refractivity contribution >= 4 is 34.1 Å². The van der Waals surface area contributed by atoms with Crippen LogP contribution in [0.4, 0.5) is 26.4 Å². The van der Waals surface area contributed by atoms with Gasteiger partial charge in [0.25, 0.3) is 0 Å². The fraction of sp³-hybridized carbons (Fsp3) is 0.464. The van der Waals surface area contributed by atoms with Gasteiger partial charge in [0.15, 0.2) is 5.82 Å². The van der Waals surface area contributed by atoms with Crippen LogP contribution >= 0.6 is 0 Å². The molecule has 4 aliphatic heterocycles. The van der Waals surface area contributed by atoms with Gasteiger partial charge in [0, 0.05) is 60.4 Å². The summed E-state index contributed by atoms with van der Waals surface area (Å²) in [7, 11) is 0. The molecule has 3 aromatic rings. The molecule has 3 atom stereocenters. The highest BCUT2D eigenvalue weighted by molar-refractivity contribution is 6.00. The van der Waals surface area contributed by atoms with E-state index < -0.39 is 11.9 Å². The largest absolute Gasteiger partial charge is 0.474 e. The number of anilines is 3. The Labute approximate surface area is 230 Å². The van der Waals surface area contributed by atoms with Gasteiger partial charge in [0.1, 0.15) is 18.1 Å². The van der Waals surface area contributed by atoms with E-state index in [-0.39, 0.29) is 34.9 Å². The molecule has 3 fully saturated rings. The lowest BCUT2D eigenvalue weighted by molar-refractivity contribution is -0.119. The van der Waals surface area contributed by atoms with Gasteiger partial charge in [-0.2, -0.15) is 0 Å². The molecule has 210 valence electrons. The number of fused-ring (bicyclic) bond motifs is 4. The maximum Gasteiger partial charge on any atom is 0.413 e. The van der Waals surface area contributed by atoms with Gasteiger partial charge in [-0.25, -0.2) is 19.2 Å². The van der Waals surface area contributed by atoms with Gasteiger partial charge in [0.05, 0.1) is 44.2 Å². The highest BCUT2D eigenvalue weighted by atomic mass is 19.1. The first-order valence-electron chi connectivity index (χ1n) is 13.6. The van der Waals surface area contributed by atoms with Crippen LogP contribution < -0.4 is 20.7 Å². The van der Waals surface area contributed by atoms with Crippen molar-refractivity contribution in [3.05, 3.63) is 35.9 Å². The van der Waals surface area contributed by atoms with Crippen molar-refractivity contribution in [1.29, 1.82) is 0 Å². The summed E-state index contributed by atoms with van der Waals surface area (Å²) in [4.78, 5) is 25.4. The number of pyridine rings is 2. The second kappa shape index (κ2) is 9.72. The zero-order chi connectivity index (χ0) is 27.5. The smallest absolute Gasteiger partial charge is 0.413 e. The van der Waals surface area contributed by atoms with E-state index in [1.54, 1.807) is 18.3 Å². The first-order valence-corrected chi connectivity index (χ1v) is 13.6. The molecule has 3 saturated heterocycles. The summed E-state index contributed by atoms with van der Waals surface area (Å²) >= 11 is 0. The monoisotopic (exact) mass is 550 g/mol. The number of halogens is 1. The van der Waals surface area contributed by atoms with Crippen molar-refractivity contribution in [2.45, 2.75) is 19.0 Å². The molecule has 12 heteroatoms. The normalized spacial score (nSPS) is 24.5. The van der Waals surface area contributed by atoms with E-state index >= 15 is 4.39 Å². The van der Waals surface area contributed by atoms with Gasteiger partial charge in [-0.15, -0.1) is 0 Å². The zero-order valence-electron chi connectivity index (χ0n) is 22.1. The molecule has 4 aliphatic rings. The van der Waals surface area contributed by atoms with Crippen LogP contribution in [0.5, 0.6) is 5.88 Å². The quantitative estimate of drug-likeness (QED) is 0.416. The minimum Gasteiger partial charge on any atom is -0.474 e. The molecule has 11 nitrogen and oxygen atoms in total. The number of carbonyl (C=O) groups is 1. The Hall–Kier alpha value is -3.74. The molecule has 0 saturated carbocycles. The van der Waals surface area contributed by atoms with E-state index in [1.807, 2.05) is 6.92 Å². The van der Waals surface area contributed by atoms with E-state index in [9.17, 15) is 9.90 Å². The van der Waals surface area contributed by atoms with Crippen LogP contribution in [0.2, 0.25) is 0 Å². The Morgan fingerprint density at radius 2 is 1.88 bits per heavy atom. The molecule has 1 amide bonds. The molecule has 0 unspecified atom stereocenters. The SMILES string of the molecule is Cc1c(-c2cc3cc(N(C(=O)O)[C@@H]4[C@@H]5COC[C@H]4CN(C4COC4)C5)ncc3c(N)c2F)cnc2c1NCCO2. The fourth-order valence-electron chi connectivity index (χ4n) is 6.59. The third kappa shape index (κ3) is 4.01. The molecule has 40 heavy (non-hydrogen) atoms. The van der Waals surface area contributed by atoms with Crippen molar-refractivity contribution in [3.8, 4) is 17.0 Å². The van der Waals surface area contributed by atoms with Crippen LogP contribution in [0.1, 0.15) is 5.56 Å². The first-order chi connectivity index (χ1) is 19.4. The Kier molecular flexibility index (Phi) is 6.13. The maximum atomic E-state index is 15.6. The minimum absolute atomic E-state index is 0.00511. The van der Waals surface area contributed by atoms with E-state index in [2.05, 4.69) is 20.2 Å². The number of aromatic nitrogens is 2. The molecular weight excluding hydrogens is 519 g/mol. The Bertz CT molecular complexity index is 1490. The highest BCUT2D eigenvalue weighted by Crippen LogP contribution is 2.41. The number of ether oxygens (including phenoxy) is 3. The third-order valence-corrected chi connectivity index (χ3v) is 8.68. The second-order valence-corrected chi connectivity index (χ2v) is 11.0. The second-order valence-electron chi connectivity index (χ2n) is 11.0. The fourth-order valence-corrected chi connectivity index (χ4v) is 6.59. The van der Waals surface area contributed by atoms with Crippen LogP contribution in [0.15, 0.2) is 24.5 Å². The topological polar surface area (TPSA) is 135 Å². The van der Waals surface area contributed by atoms with Gasteiger partial charge in [-0.05, 0) is 30.0 Å². The molecule has 0 spiro atoms. The molecule has 7 rings (SSSR count). The van der Waals surface area contributed by atoms with Gasteiger partial charge >= 0.3 is 6.09 Å². The number of carboxylic acid groups (broad SMARTS) is 1. The Morgan fingerprint density at radius 1 is 1.12 bits per heavy atom. The Morgan fingerprint density at radius 3 is 2.58 bits per heavy atom. The number of likely N-dealkylation sites (tertiary alicyclic amines) is 1. The van der Waals surface area contributed by atoms with E-state index in [0.29, 0.717) is 67.8 Å². The number of hydrogen-bond acceptors (Lipinski definition) is 9. The minimum atomic E-state index is -1.08. The van der Waals surface area contributed by atoms with E-state index in [4.69, 9.17) is 19.9 Å². The van der Waals surface area contributed by atoms with E-state index in [0.717, 1.165) is 24.3 Å². The van der Waals surface area contributed by atoms with Crippen molar-refractivity contribution in [1.82, 2.24) is 14.9 Å². The molecule has 2 bridgehead atoms. The Balaban J connectivity index is 1.28. The van der Waals surface area contributed by atoms with Crippen LogP contribution in [0, 0.1) is 24.6 Å². The maximum absolute atomic E-state index is 15.6. The molecule has 6 heterocycles. The summed E-state index contributed by atoms with van der Waals surface area (Å²) in [6, 6.07) is 3.47. The number of nitrogens with one attached hydrogen (secondary N) is 1. The molecule has 0 radical (unpaired) electrons. The average Bonchev–Trinajstić information content (AvgIpc) is 2.90. The van der Waals surface area contributed by atoms with Gasteiger partial charge in [-0.1, -0.05) is 0 Å². The van der Waals surface area contributed by atoms with Crippen LogP contribution in [-0.2, 0) is 9.47 Å². The lowest BCUT2D eigenvalue weighted by Gasteiger charge is -2.52. The predicted molar refractivity (Wildman–Crippen MR) is 146 cm³/mol. The van der Waals surface area contributed by atoms with E-state index in [1.165, 1.54) is 11.1 Å². The average molecular weight is 551 g/mol. The number of amides is 1. The lowest BCUT2D eigenvalue weighted by atomic mass is 9.80. The van der Waals surface area contributed by atoms with Crippen molar-refractivity contribution in [2.75, 3.05) is 68.6 Å². The molecule has 4 N–H and O–H groups in total. The number of nitrogens with two attached hydrogens (primary N) is 1. The predicted octanol–water partition coefficient (Wildman–Crippen LogP) is 2.96. The van der Waals surface area contributed by atoms with Crippen LogP contribution in [0.25, 0.3) is 21.9 Å². The number of benzene rings is 1. The van der Waals surface area contributed by atoms with Gasteiger partial charge < -0.3 is 30.4 Å². The summed E-state index contributed by atoms with van der Waals surface area (Å²) < 4.78 is 32.5. The number of rotatable bonds is 4. The third-order valence-electron chi connectivity index (χ3n) is 8.68. The number of hydrogen-bond donors (Lipinski definition) is 3. The lowest BCUT2D eigenvalue weighted by Crippen LogP contribution is -2.66. The summed E-state index contributed by atoms with van der Waals surface area (Å²) in [5, 5.41) is 14.7. The van der Waals surface area contributed by atoms with Gasteiger partial charge in [-0.3, -0.25) is 9.80 Å². The zero-order valence-corrected chi connectivity index (χ0v) is 22.1. The summed E-state index contributed by atoms with van der Waals surface area (Å²) in [5.41, 5.74) is 8.61. The number of nitrogens with zero attached hydrogens (tertiary/aromatic N) is 4. The molecule has 0 aliphatic carbocycles. The number of nitrogen functional groups attached to an aromatic ring is 1. The van der Waals surface area contributed by atoms with Crippen LogP contribution in [0.3, 0.4) is 0 Å². The highest BCUT2D eigenvalue weighted by Gasteiger charge is 2.48. The van der Waals surface area contributed by atoms with Crippen molar-refractivity contribution in [3.63, 3.8) is 0 Å². The van der Waals surface area contributed by atoms with Gasteiger partial charge in [0.2, 0.25) is 5.88 Å². The van der Waals surface area contributed by atoms with Crippen molar-refractivity contribution < 1.29 is 28.5 Å². The summed E-state index contributed by atoms with van der Waals surface area (Å²) in [6.07, 6.45) is 1.97. The van der Waals surface area contributed by atoms with Crippen LogP contribution in [-0.4, -0.2) is 90.8 Å². The molecule has 2 aromatic heterocycles.